The highest BCUT2D eigenvalue weighted by atomic mass is 32.1. The minimum absolute atomic E-state index is 0.00744. The van der Waals surface area contributed by atoms with Crippen molar-refractivity contribution in [2.45, 2.75) is 26.3 Å². The Morgan fingerprint density at radius 3 is 2.76 bits per heavy atom. The molecule has 7 heteroatoms. The van der Waals surface area contributed by atoms with Crippen molar-refractivity contribution in [2.24, 2.45) is 5.92 Å². The van der Waals surface area contributed by atoms with Crippen LogP contribution in [0.15, 0.2) is 41.1 Å². The number of thiophene rings is 1. The van der Waals surface area contributed by atoms with E-state index in [1.54, 1.807) is 11.4 Å². The lowest BCUT2D eigenvalue weighted by molar-refractivity contribution is -0.119. The number of anilines is 1. The van der Waals surface area contributed by atoms with Crippen LogP contribution in [0.5, 0.6) is 0 Å². The van der Waals surface area contributed by atoms with Crippen LogP contribution in [-0.4, -0.2) is 27.8 Å². The maximum Gasteiger partial charge on any atom is 0.252 e. The molecule has 3 rings (SSSR count). The largest absolute Gasteiger partial charge is 0.340 e. The minimum atomic E-state index is -0.634. The summed E-state index contributed by atoms with van der Waals surface area (Å²) in [5.74, 6) is -0.153. The van der Waals surface area contributed by atoms with Crippen LogP contribution in [0, 0.1) is 5.92 Å². The van der Waals surface area contributed by atoms with Gasteiger partial charge < -0.3 is 10.3 Å². The molecule has 2 aromatic heterocycles. The molecule has 6 nitrogen and oxygen atoms in total. The van der Waals surface area contributed by atoms with Crippen LogP contribution < -0.4 is 10.6 Å². The summed E-state index contributed by atoms with van der Waals surface area (Å²) in [5, 5.41) is 9.22. The second-order valence-corrected chi connectivity index (χ2v) is 6.72. The Bertz CT molecular complexity index is 839. The Labute approximate surface area is 149 Å². The van der Waals surface area contributed by atoms with Gasteiger partial charge in [-0.2, -0.15) is 11.3 Å². The van der Waals surface area contributed by atoms with Crippen LogP contribution in [0.4, 0.5) is 5.95 Å². The number of nitrogens with zero attached hydrogens (tertiary/aromatic N) is 1. The third kappa shape index (κ3) is 3.88. The Morgan fingerprint density at radius 1 is 1.28 bits per heavy atom. The van der Waals surface area contributed by atoms with E-state index in [1.165, 1.54) is 11.3 Å². The zero-order valence-electron chi connectivity index (χ0n) is 14.1. The molecule has 3 aromatic rings. The molecule has 0 unspecified atom stereocenters. The van der Waals surface area contributed by atoms with Crippen LogP contribution in [0.3, 0.4) is 0 Å². The number of amides is 2. The van der Waals surface area contributed by atoms with Crippen molar-refractivity contribution in [2.75, 3.05) is 5.32 Å². The standard InChI is InChI=1S/C18H20N4O2S/c1-3-11(2)15(21-16(23)12-8-9-25-10-12)17(24)22-18-19-13-6-4-5-7-14(13)20-18/h4-11,15H,3H2,1-2H3,(H,21,23)(H2,19,20,22,24)/t11-,15+/m1/s1. The van der Waals surface area contributed by atoms with Crippen LogP contribution in [0.1, 0.15) is 30.6 Å². The SMILES string of the molecule is CC[C@@H](C)[C@H](NC(=O)c1ccsc1)C(=O)Nc1nc2ccccc2[nH]1. The molecule has 0 fully saturated rings. The van der Waals surface area contributed by atoms with E-state index in [-0.39, 0.29) is 17.7 Å². The topological polar surface area (TPSA) is 86.9 Å². The first-order valence-electron chi connectivity index (χ1n) is 8.17. The van der Waals surface area contributed by atoms with Gasteiger partial charge in [-0.25, -0.2) is 4.98 Å². The van der Waals surface area contributed by atoms with Crippen molar-refractivity contribution >= 4 is 40.1 Å². The Balaban J connectivity index is 1.75. The first kappa shape index (κ1) is 17.2. The van der Waals surface area contributed by atoms with Crippen molar-refractivity contribution in [3.8, 4) is 0 Å². The van der Waals surface area contributed by atoms with Gasteiger partial charge in [0.05, 0.1) is 16.6 Å². The number of rotatable bonds is 6. The van der Waals surface area contributed by atoms with Crippen molar-refractivity contribution in [1.29, 1.82) is 0 Å². The number of H-pyrrole nitrogens is 1. The fourth-order valence-electron chi connectivity index (χ4n) is 2.53. The molecule has 1 aromatic carbocycles. The summed E-state index contributed by atoms with van der Waals surface area (Å²) < 4.78 is 0. The summed E-state index contributed by atoms with van der Waals surface area (Å²) >= 11 is 1.45. The smallest absolute Gasteiger partial charge is 0.252 e. The summed E-state index contributed by atoms with van der Waals surface area (Å²) in [7, 11) is 0. The number of fused-ring (bicyclic) bond motifs is 1. The molecule has 2 amide bonds. The van der Waals surface area contributed by atoms with E-state index in [0.717, 1.165) is 17.5 Å². The minimum Gasteiger partial charge on any atom is -0.340 e. The number of carbonyl (C=O) groups excluding carboxylic acids is 2. The Kier molecular flexibility index (Phi) is 5.14. The van der Waals surface area contributed by atoms with Gasteiger partial charge in [0, 0.05) is 5.38 Å². The van der Waals surface area contributed by atoms with E-state index in [0.29, 0.717) is 11.5 Å². The number of nitrogens with one attached hydrogen (secondary N) is 3. The van der Waals surface area contributed by atoms with Crippen LogP contribution in [0.25, 0.3) is 11.0 Å². The van der Waals surface area contributed by atoms with Crippen molar-refractivity contribution in [3.63, 3.8) is 0 Å². The quantitative estimate of drug-likeness (QED) is 0.632. The highest BCUT2D eigenvalue weighted by molar-refractivity contribution is 7.08. The van der Waals surface area contributed by atoms with Gasteiger partial charge in [-0.15, -0.1) is 0 Å². The van der Waals surface area contributed by atoms with Gasteiger partial charge in [-0.05, 0) is 29.5 Å². The molecule has 0 aliphatic heterocycles. The second kappa shape index (κ2) is 7.48. The fraction of sp³-hybridized carbons (Fsp3) is 0.278. The first-order chi connectivity index (χ1) is 12.1. The van der Waals surface area contributed by atoms with E-state index >= 15 is 0 Å². The maximum absolute atomic E-state index is 12.7. The van der Waals surface area contributed by atoms with Gasteiger partial charge in [0.25, 0.3) is 5.91 Å². The summed E-state index contributed by atoms with van der Waals surface area (Å²) in [4.78, 5) is 32.5. The van der Waals surface area contributed by atoms with Gasteiger partial charge in [0.2, 0.25) is 11.9 Å². The molecule has 0 bridgehead atoms. The molecular weight excluding hydrogens is 336 g/mol. The molecule has 0 saturated carbocycles. The fourth-order valence-corrected chi connectivity index (χ4v) is 3.16. The zero-order chi connectivity index (χ0) is 17.8. The molecule has 3 N–H and O–H groups in total. The van der Waals surface area contributed by atoms with E-state index in [4.69, 9.17) is 0 Å². The summed E-state index contributed by atoms with van der Waals surface area (Å²) in [6, 6.07) is 8.65. The van der Waals surface area contributed by atoms with Crippen LogP contribution >= 0.6 is 11.3 Å². The zero-order valence-corrected chi connectivity index (χ0v) is 14.9. The number of carbonyl (C=O) groups is 2. The number of benzene rings is 1. The van der Waals surface area contributed by atoms with Crippen molar-refractivity contribution < 1.29 is 9.59 Å². The average molecular weight is 356 g/mol. The molecular formula is C18H20N4O2S. The summed E-state index contributed by atoms with van der Waals surface area (Å²) in [6.45, 7) is 3.93. The molecule has 0 radical (unpaired) electrons. The van der Waals surface area contributed by atoms with E-state index in [2.05, 4.69) is 20.6 Å². The number of aromatic amines is 1. The molecule has 0 aliphatic rings. The third-order valence-corrected chi connectivity index (χ3v) is 4.88. The lowest BCUT2D eigenvalue weighted by atomic mass is 9.98. The number of para-hydroxylation sites is 2. The van der Waals surface area contributed by atoms with Gasteiger partial charge in [0.1, 0.15) is 6.04 Å². The van der Waals surface area contributed by atoms with Gasteiger partial charge >= 0.3 is 0 Å². The lowest BCUT2D eigenvalue weighted by Gasteiger charge is -2.22. The van der Waals surface area contributed by atoms with E-state index in [1.807, 2.05) is 43.5 Å². The molecule has 2 atom stereocenters. The average Bonchev–Trinajstić information content (AvgIpc) is 3.27. The highest BCUT2D eigenvalue weighted by Crippen LogP contribution is 2.16. The predicted octanol–water partition coefficient (Wildman–Crippen LogP) is 3.41. The monoisotopic (exact) mass is 356 g/mol. The van der Waals surface area contributed by atoms with Gasteiger partial charge in [-0.3, -0.25) is 14.9 Å². The Hall–Kier alpha value is -2.67. The first-order valence-corrected chi connectivity index (χ1v) is 9.11. The number of hydrogen-bond donors (Lipinski definition) is 3. The molecule has 0 saturated heterocycles. The predicted molar refractivity (Wildman–Crippen MR) is 99.8 cm³/mol. The molecule has 0 aliphatic carbocycles. The number of aromatic nitrogens is 2. The van der Waals surface area contributed by atoms with Gasteiger partial charge in [-0.1, -0.05) is 32.4 Å². The maximum atomic E-state index is 12.7. The van der Waals surface area contributed by atoms with E-state index in [9.17, 15) is 9.59 Å². The molecule has 2 heterocycles. The van der Waals surface area contributed by atoms with E-state index < -0.39 is 6.04 Å². The number of hydrogen-bond acceptors (Lipinski definition) is 4. The normalized spacial score (nSPS) is 13.4. The summed E-state index contributed by atoms with van der Waals surface area (Å²) in [5.41, 5.74) is 2.19. The Morgan fingerprint density at radius 2 is 2.08 bits per heavy atom. The molecule has 0 spiro atoms. The highest BCUT2D eigenvalue weighted by Gasteiger charge is 2.27. The lowest BCUT2D eigenvalue weighted by Crippen LogP contribution is -2.47. The van der Waals surface area contributed by atoms with Crippen LogP contribution in [0.2, 0.25) is 0 Å². The van der Waals surface area contributed by atoms with Crippen molar-refractivity contribution in [3.05, 3.63) is 46.7 Å². The third-order valence-electron chi connectivity index (χ3n) is 4.20. The molecule has 25 heavy (non-hydrogen) atoms. The van der Waals surface area contributed by atoms with Crippen molar-refractivity contribution in [1.82, 2.24) is 15.3 Å². The summed E-state index contributed by atoms with van der Waals surface area (Å²) in [6.07, 6.45) is 0.766. The van der Waals surface area contributed by atoms with Crippen LogP contribution in [-0.2, 0) is 4.79 Å². The second-order valence-electron chi connectivity index (χ2n) is 5.94. The molecule has 130 valence electrons. The van der Waals surface area contributed by atoms with Gasteiger partial charge in [0.15, 0.2) is 0 Å². The number of imidazole rings is 1.